The Hall–Kier alpha value is -0.820. The van der Waals surface area contributed by atoms with Crippen LogP contribution in [0.2, 0.25) is 0 Å². The third-order valence-corrected chi connectivity index (χ3v) is 1.61. The van der Waals surface area contributed by atoms with E-state index < -0.39 is 12.8 Å². The molecule has 0 rings (SSSR count). The SMILES string of the molecule is CC(C)OCCC(=O)NCCOCC(F)(F)F. The van der Waals surface area contributed by atoms with Crippen molar-refractivity contribution >= 4 is 5.91 Å². The number of carbonyl (C=O) groups is 1. The van der Waals surface area contributed by atoms with Crippen LogP contribution in [0.5, 0.6) is 0 Å². The Morgan fingerprint density at radius 1 is 1.29 bits per heavy atom. The summed E-state index contributed by atoms with van der Waals surface area (Å²) in [5.74, 6) is -0.263. The van der Waals surface area contributed by atoms with E-state index in [1.807, 2.05) is 13.8 Å². The van der Waals surface area contributed by atoms with Crippen molar-refractivity contribution < 1.29 is 27.4 Å². The zero-order valence-corrected chi connectivity index (χ0v) is 9.97. The van der Waals surface area contributed by atoms with Gasteiger partial charge in [0.1, 0.15) is 6.61 Å². The van der Waals surface area contributed by atoms with E-state index in [1.54, 1.807) is 0 Å². The maximum absolute atomic E-state index is 11.7. The Kier molecular flexibility index (Phi) is 7.90. The van der Waals surface area contributed by atoms with Crippen LogP contribution in [0.1, 0.15) is 20.3 Å². The smallest absolute Gasteiger partial charge is 0.378 e. The number of alkyl halides is 3. The largest absolute Gasteiger partial charge is 0.411 e. The highest BCUT2D eigenvalue weighted by molar-refractivity contribution is 5.75. The van der Waals surface area contributed by atoms with Crippen LogP contribution in [0.25, 0.3) is 0 Å². The quantitative estimate of drug-likeness (QED) is 0.670. The van der Waals surface area contributed by atoms with Crippen molar-refractivity contribution in [3.8, 4) is 0 Å². The van der Waals surface area contributed by atoms with Gasteiger partial charge in [0.25, 0.3) is 0 Å². The van der Waals surface area contributed by atoms with Crippen molar-refractivity contribution in [3.05, 3.63) is 0 Å². The second kappa shape index (κ2) is 8.30. The first-order chi connectivity index (χ1) is 7.81. The Bertz CT molecular complexity index is 219. The highest BCUT2D eigenvalue weighted by Gasteiger charge is 2.27. The summed E-state index contributed by atoms with van der Waals surface area (Å²) in [6, 6.07) is 0. The Morgan fingerprint density at radius 3 is 2.47 bits per heavy atom. The molecule has 0 aromatic rings. The molecule has 0 radical (unpaired) electrons. The van der Waals surface area contributed by atoms with Gasteiger partial charge in [0, 0.05) is 13.0 Å². The molecule has 0 unspecified atom stereocenters. The van der Waals surface area contributed by atoms with E-state index in [0.717, 1.165) is 0 Å². The molecule has 0 fully saturated rings. The van der Waals surface area contributed by atoms with Crippen LogP contribution in [0.15, 0.2) is 0 Å². The number of halogens is 3. The van der Waals surface area contributed by atoms with Gasteiger partial charge in [-0.3, -0.25) is 4.79 Å². The van der Waals surface area contributed by atoms with Crippen LogP contribution < -0.4 is 5.32 Å². The molecule has 0 saturated heterocycles. The fourth-order valence-electron chi connectivity index (χ4n) is 0.926. The van der Waals surface area contributed by atoms with Gasteiger partial charge in [-0.2, -0.15) is 13.2 Å². The van der Waals surface area contributed by atoms with Gasteiger partial charge in [-0.25, -0.2) is 0 Å². The Labute approximate surface area is 98.5 Å². The van der Waals surface area contributed by atoms with Crippen LogP contribution in [-0.2, 0) is 14.3 Å². The molecule has 0 spiro atoms. The molecular formula is C10H18F3NO3. The second-order valence-corrected chi connectivity index (χ2v) is 3.69. The third kappa shape index (κ3) is 13.1. The minimum Gasteiger partial charge on any atom is -0.378 e. The Balaban J connectivity index is 3.34. The molecule has 4 nitrogen and oxygen atoms in total. The van der Waals surface area contributed by atoms with Crippen molar-refractivity contribution in [1.29, 1.82) is 0 Å². The minimum absolute atomic E-state index is 0.0536. The predicted molar refractivity (Wildman–Crippen MR) is 55.6 cm³/mol. The van der Waals surface area contributed by atoms with E-state index in [1.165, 1.54) is 0 Å². The van der Waals surface area contributed by atoms with Crippen molar-refractivity contribution in [1.82, 2.24) is 5.32 Å². The molecular weight excluding hydrogens is 239 g/mol. The van der Waals surface area contributed by atoms with Gasteiger partial charge in [0.05, 0.1) is 19.3 Å². The van der Waals surface area contributed by atoms with E-state index in [9.17, 15) is 18.0 Å². The van der Waals surface area contributed by atoms with Crippen LogP contribution in [0, 0.1) is 0 Å². The van der Waals surface area contributed by atoms with Crippen LogP contribution in [0.4, 0.5) is 13.2 Å². The number of amides is 1. The summed E-state index contributed by atoms with van der Waals surface area (Å²) >= 11 is 0. The highest BCUT2D eigenvalue weighted by Crippen LogP contribution is 2.13. The van der Waals surface area contributed by atoms with E-state index >= 15 is 0 Å². The molecule has 0 heterocycles. The topological polar surface area (TPSA) is 47.6 Å². The van der Waals surface area contributed by atoms with E-state index in [4.69, 9.17) is 4.74 Å². The maximum atomic E-state index is 11.7. The first kappa shape index (κ1) is 16.2. The fraction of sp³-hybridized carbons (Fsp3) is 0.900. The summed E-state index contributed by atoms with van der Waals surface area (Å²) in [6.45, 7) is 2.62. The molecule has 102 valence electrons. The highest BCUT2D eigenvalue weighted by atomic mass is 19.4. The number of carbonyl (C=O) groups excluding carboxylic acids is 1. The molecule has 0 aromatic carbocycles. The van der Waals surface area contributed by atoms with Crippen molar-refractivity contribution in [2.75, 3.05) is 26.4 Å². The molecule has 0 aliphatic heterocycles. The Morgan fingerprint density at radius 2 is 1.94 bits per heavy atom. The monoisotopic (exact) mass is 257 g/mol. The lowest BCUT2D eigenvalue weighted by molar-refractivity contribution is -0.173. The van der Waals surface area contributed by atoms with Gasteiger partial charge in [-0.05, 0) is 13.8 Å². The molecule has 0 bridgehead atoms. The molecule has 0 aromatic heterocycles. The lowest BCUT2D eigenvalue weighted by Gasteiger charge is -2.09. The molecule has 0 aliphatic rings. The zero-order valence-electron chi connectivity index (χ0n) is 9.97. The van der Waals surface area contributed by atoms with Gasteiger partial charge in [0.15, 0.2) is 0 Å². The average molecular weight is 257 g/mol. The maximum Gasteiger partial charge on any atom is 0.411 e. The first-order valence-electron chi connectivity index (χ1n) is 5.34. The average Bonchev–Trinajstić information content (AvgIpc) is 2.14. The summed E-state index contributed by atoms with van der Waals surface area (Å²) in [5.41, 5.74) is 0. The van der Waals surface area contributed by atoms with E-state index in [2.05, 4.69) is 10.1 Å². The van der Waals surface area contributed by atoms with Gasteiger partial charge in [-0.1, -0.05) is 0 Å². The zero-order chi connectivity index (χ0) is 13.3. The minimum atomic E-state index is -4.32. The number of nitrogens with one attached hydrogen (secondary N) is 1. The summed E-state index contributed by atoms with van der Waals surface area (Å²) in [5, 5.41) is 2.43. The molecule has 0 saturated carbocycles. The fourth-order valence-corrected chi connectivity index (χ4v) is 0.926. The van der Waals surface area contributed by atoms with Gasteiger partial charge in [-0.15, -0.1) is 0 Å². The lowest BCUT2D eigenvalue weighted by atomic mass is 10.4. The van der Waals surface area contributed by atoms with Crippen LogP contribution in [-0.4, -0.2) is 44.6 Å². The standard InChI is InChI=1S/C10H18F3NO3/c1-8(2)17-5-3-9(15)14-4-6-16-7-10(11,12)13/h8H,3-7H2,1-2H3,(H,14,15). The predicted octanol–water partition coefficient (Wildman–Crippen LogP) is 1.50. The summed E-state index contributed by atoms with van der Waals surface area (Å²) in [6.07, 6.45) is -4.08. The van der Waals surface area contributed by atoms with Gasteiger partial charge in [0.2, 0.25) is 5.91 Å². The van der Waals surface area contributed by atoms with Gasteiger partial charge >= 0.3 is 6.18 Å². The lowest BCUT2D eigenvalue weighted by Crippen LogP contribution is -2.29. The first-order valence-corrected chi connectivity index (χ1v) is 5.34. The van der Waals surface area contributed by atoms with Crippen LogP contribution >= 0.6 is 0 Å². The molecule has 1 N–H and O–H groups in total. The van der Waals surface area contributed by atoms with Crippen LogP contribution in [0.3, 0.4) is 0 Å². The molecule has 7 heteroatoms. The molecule has 17 heavy (non-hydrogen) atoms. The molecule has 0 atom stereocenters. The summed E-state index contributed by atoms with van der Waals surface area (Å²) in [4.78, 5) is 11.1. The van der Waals surface area contributed by atoms with Gasteiger partial charge < -0.3 is 14.8 Å². The van der Waals surface area contributed by atoms with Crippen molar-refractivity contribution in [2.45, 2.75) is 32.5 Å². The van der Waals surface area contributed by atoms with E-state index in [-0.39, 0.29) is 31.6 Å². The molecule has 1 amide bonds. The molecule has 0 aliphatic carbocycles. The second-order valence-electron chi connectivity index (χ2n) is 3.69. The normalized spacial score (nSPS) is 11.9. The number of hydrogen-bond donors (Lipinski definition) is 1. The number of rotatable bonds is 8. The third-order valence-electron chi connectivity index (χ3n) is 1.61. The van der Waals surface area contributed by atoms with E-state index in [0.29, 0.717) is 6.61 Å². The van der Waals surface area contributed by atoms with Crippen molar-refractivity contribution in [2.24, 2.45) is 0 Å². The number of ether oxygens (including phenoxy) is 2. The summed E-state index contributed by atoms with van der Waals surface area (Å²) in [7, 11) is 0. The summed E-state index contributed by atoms with van der Waals surface area (Å²) < 4.78 is 44.4. The van der Waals surface area contributed by atoms with Crippen molar-refractivity contribution in [3.63, 3.8) is 0 Å². The number of hydrogen-bond acceptors (Lipinski definition) is 3.